The van der Waals surface area contributed by atoms with Crippen molar-refractivity contribution in [2.75, 3.05) is 23.9 Å². The number of hydrogen-bond acceptors (Lipinski definition) is 5. The Morgan fingerprint density at radius 1 is 1.47 bits per heavy atom. The van der Waals surface area contributed by atoms with Crippen LogP contribution < -0.4 is 10.1 Å². The number of benzene rings is 1. The topological polar surface area (TPSA) is 64.4 Å². The van der Waals surface area contributed by atoms with Gasteiger partial charge >= 0.3 is 5.69 Å². The van der Waals surface area contributed by atoms with Crippen LogP contribution in [0.25, 0.3) is 0 Å². The molecule has 1 aromatic rings. The quantitative estimate of drug-likeness (QED) is 0.584. The lowest BCUT2D eigenvalue weighted by Gasteiger charge is -2.17. The summed E-state index contributed by atoms with van der Waals surface area (Å²) in [6.45, 7) is 4.33. The Balaban J connectivity index is 2.91. The molecule has 19 heavy (non-hydrogen) atoms. The molecule has 0 saturated heterocycles. The van der Waals surface area contributed by atoms with Crippen LogP contribution in [0.2, 0.25) is 0 Å². The van der Waals surface area contributed by atoms with Crippen LogP contribution in [0.4, 0.5) is 11.4 Å². The molecule has 5 nitrogen and oxygen atoms in total. The number of rotatable bonds is 8. The second-order valence-electron chi connectivity index (χ2n) is 4.08. The molecule has 1 aromatic carbocycles. The van der Waals surface area contributed by atoms with Crippen LogP contribution in [0.3, 0.4) is 0 Å². The molecule has 0 aliphatic rings. The summed E-state index contributed by atoms with van der Waals surface area (Å²) in [5.41, 5.74) is 0.861. The van der Waals surface area contributed by atoms with E-state index in [0.29, 0.717) is 18.4 Å². The van der Waals surface area contributed by atoms with Crippen molar-refractivity contribution < 1.29 is 9.66 Å². The molecule has 0 aromatic heterocycles. The van der Waals surface area contributed by atoms with Crippen LogP contribution in [0.5, 0.6) is 5.75 Å². The molecule has 1 atom stereocenters. The number of nitro benzene ring substituents is 1. The highest BCUT2D eigenvalue weighted by atomic mass is 32.2. The predicted octanol–water partition coefficient (Wildman–Crippen LogP) is 3.55. The first kappa shape index (κ1) is 15.6. The van der Waals surface area contributed by atoms with Gasteiger partial charge in [-0.25, -0.2) is 0 Å². The molecule has 0 heterocycles. The summed E-state index contributed by atoms with van der Waals surface area (Å²) >= 11 is 1.77. The van der Waals surface area contributed by atoms with Crippen LogP contribution >= 0.6 is 11.8 Å². The minimum atomic E-state index is -0.423. The lowest BCUT2D eigenvalue weighted by Crippen LogP contribution is -2.21. The zero-order valence-electron chi connectivity index (χ0n) is 11.5. The Bertz CT molecular complexity index is 426. The van der Waals surface area contributed by atoms with Gasteiger partial charge in [-0.1, -0.05) is 6.92 Å². The van der Waals surface area contributed by atoms with Crippen molar-refractivity contribution in [1.82, 2.24) is 0 Å². The SMILES string of the molecule is CCOc1cc(NC(CC)CSC)ccc1[N+](=O)[O-]. The van der Waals surface area contributed by atoms with Crippen LogP contribution in [-0.4, -0.2) is 29.6 Å². The van der Waals surface area contributed by atoms with E-state index in [2.05, 4.69) is 18.5 Å². The molecule has 0 spiro atoms. The molecule has 0 saturated carbocycles. The Morgan fingerprint density at radius 2 is 2.21 bits per heavy atom. The van der Waals surface area contributed by atoms with E-state index in [-0.39, 0.29) is 5.69 Å². The molecule has 0 bridgehead atoms. The van der Waals surface area contributed by atoms with E-state index >= 15 is 0 Å². The monoisotopic (exact) mass is 284 g/mol. The third-order valence-corrected chi connectivity index (χ3v) is 3.42. The first-order chi connectivity index (χ1) is 9.12. The maximum absolute atomic E-state index is 10.9. The van der Waals surface area contributed by atoms with E-state index in [1.165, 1.54) is 6.07 Å². The molecule has 1 N–H and O–H groups in total. The standard InChI is InChI=1S/C13H20N2O3S/c1-4-10(9-19-3)14-11-6-7-12(15(16)17)13(8-11)18-5-2/h6-8,10,14H,4-5,9H2,1-3H3. The van der Waals surface area contributed by atoms with E-state index in [9.17, 15) is 10.1 Å². The van der Waals surface area contributed by atoms with Crippen molar-refractivity contribution in [3.8, 4) is 5.75 Å². The van der Waals surface area contributed by atoms with Gasteiger partial charge in [0.1, 0.15) is 0 Å². The molecular weight excluding hydrogens is 264 g/mol. The van der Waals surface area contributed by atoms with Crippen LogP contribution in [0, 0.1) is 10.1 Å². The second kappa shape index (κ2) is 7.89. The number of nitrogens with one attached hydrogen (secondary N) is 1. The maximum Gasteiger partial charge on any atom is 0.311 e. The van der Waals surface area contributed by atoms with Crippen molar-refractivity contribution in [3.63, 3.8) is 0 Å². The lowest BCUT2D eigenvalue weighted by atomic mass is 10.2. The number of nitro groups is 1. The summed E-state index contributed by atoms with van der Waals surface area (Å²) in [6.07, 6.45) is 3.06. The summed E-state index contributed by atoms with van der Waals surface area (Å²) < 4.78 is 5.33. The van der Waals surface area contributed by atoms with Gasteiger partial charge in [-0.2, -0.15) is 11.8 Å². The Labute approximate surface area is 117 Å². The van der Waals surface area contributed by atoms with E-state index in [1.807, 2.05) is 6.92 Å². The normalized spacial score (nSPS) is 11.9. The van der Waals surface area contributed by atoms with Crippen molar-refractivity contribution in [1.29, 1.82) is 0 Å². The highest BCUT2D eigenvalue weighted by molar-refractivity contribution is 7.98. The lowest BCUT2D eigenvalue weighted by molar-refractivity contribution is -0.385. The van der Waals surface area contributed by atoms with Gasteiger partial charge in [0.25, 0.3) is 0 Å². The van der Waals surface area contributed by atoms with Gasteiger partial charge in [0.15, 0.2) is 5.75 Å². The molecule has 1 unspecified atom stereocenters. The molecule has 1 rings (SSSR count). The van der Waals surface area contributed by atoms with Crippen molar-refractivity contribution >= 4 is 23.1 Å². The molecule has 0 aliphatic heterocycles. The summed E-state index contributed by atoms with van der Waals surface area (Å²) in [5.74, 6) is 1.31. The second-order valence-corrected chi connectivity index (χ2v) is 4.99. The number of nitrogens with zero attached hydrogens (tertiary/aromatic N) is 1. The fourth-order valence-electron chi connectivity index (χ4n) is 1.72. The minimum Gasteiger partial charge on any atom is -0.487 e. The fraction of sp³-hybridized carbons (Fsp3) is 0.538. The number of ether oxygens (including phenoxy) is 1. The Hall–Kier alpha value is -1.43. The first-order valence-electron chi connectivity index (χ1n) is 6.29. The fourth-order valence-corrected chi connectivity index (χ4v) is 2.45. The zero-order chi connectivity index (χ0) is 14.3. The zero-order valence-corrected chi connectivity index (χ0v) is 12.3. The van der Waals surface area contributed by atoms with Crippen molar-refractivity contribution in [2.24, 2.45) is 0 Å². The van der Waals surface area contributed by atoms with Crippen LogP contribution in [0.1, 0.15) is 20.3 Å². The highest BCUT2D eigenvalue weighted by Crippen LogP contribution is 2.30. The molecule has 6 heteroatoms. The van der Waals surface area contributed by atoms with Gasteiger partial charge in [0, 0.05) is 29.6 Å². The molecule has 0 fully saturated rings. The van der Waals surface area contributed by atoms with Gasteiger partial charge in [-0.05, 0) is 25.7 Å². The summed E-state index contributed by atoms with van der Waals surface area (Å²) in [7, 11) is 0. The Morgan fingerprint density at radius 3 is 2.74 bits per heavy atom. The summed E-state index contributed by atoms with van der Waals surface area (Å²) in [5, 5.41) is 14.3. The highest BCUT2D eigenvalue weighted by Gasteiger charge is 2.16. The molecule has 106 valence electrons. The largest absolute Gasteiger partial charge is 0.487 e. The molecule has 0 radical (unpaired) electrons. The van der Waals surface area contributed by atoms with Gasteiger partial charge in [0.05, 0.1) is 11.5 Å². The average Bonchev–Trinajstić information content (AvgIpc) is 2.38. The first-order valence-corrected chi connectivity index (χ1v) is 7.68. The third-order valence-electron chi connectivity index (χ3n) is 2.69. The van der Waals surface area contributed by atoms with Gasteiger partial charge in [-0.3, -0.25) is 10.1 Å². The molecular formula is C13H20N2O3S. The van der Waals surface area contributed by atoms with E-state index in [1.54, 1.807) is 23.9 Å². The van der Waals surface area contributed by atoms with Crippen LogP contribution in [0.15, 0.2) is 18.2 Å². The minimum absolute atomic E-state index is 0.00492. The third kappa shape index (κ3) is 4.63. The van der Waals surface area contributed by atoms with Crippen LogP contribution in [-0.2, 0) is 0 Å². The van der Waals surface area contributed by atoms with Gasteiger partial charge in [-0.15, -0.1) is 0 Å². The number of anilines is 1. The smallest absolute Gasteiger partial charge is 0.311 e. The number of thioether (sulfide) groups is 1. The average molecular weight is 284 g/mol. The summed E-state index contributed by atoms with van der Waals surface area (Å²) in [4.78, 5) is 10.5. The molecule has 0 amide bonds. The predicted molar refractivity (Wildman–Crippen MR) is 80.3 cm³/mol. The maximum atomic E-state index is 10.9. The van der Waals surface area contributed by atoms with Crippen molar-refractivity contribution in [2.45, 2.75) is 26.3 Å². The number of hydrogen-bond donors (Lipinski definition) is 1. The molecule has 0 aliphatic carbocycles. The summed E-state index contributed by atoms with van der Waals surface area (Å²) in [6, 6.07) is 5.26. The van der Waals surface area contributed by atoms with E-state index < -0.39 is 4.92 Å². The van der Waals surface area contributed by atoms with E-state index in [4.69, 9.17) is 4.74 Å². The Kier molecular flexibility index (Phi) is 6.49. The van der Waals surface area contributed by atoms with Gasteiger partial charge < -0.3 is 10.1 Å². The van der Waals surface area contributed by atoms with Crippen molar-refractivity contribution in [3.05, 3.63) is 28.3 Å². The van der Waals surface area contributed by atoms with E-state index in [0.717, 1.165) is 17.9 Å². The van der Waals surface area contributed by atoms with Gasteiger partial charge in [0.2, 0.25) is 0 Å².